The van der Waals surface area contributed by atoms with Crippen LogP contribution in [0.4, 0.5) is 0 Å². The Morgan fingerprint density at radius 2 is 1.91 bits per heavy atom. The fourth-order valence-electron chi connectivity index (χ4n) is 2.00. The van der Waals surface area contributed by atoms with E-state index in [9.17, 15) is 0 Å². The number of aliphatic hydroxyl groups excluding tert-OH is 1. The van der Waals surface area contributed by atoms with E-state index in [4.69, 9.17) is 32.7 Å². The minimum atomic E-state index is -0.324. The summed E-state index contributed by atoms with van der Waals surface area (Å²) in [6.07, 6.45) is -0.324. The van der Waals surface area contributed by atoms with Crippen LogP contribution < -0.4 is 10.6 Å². The maximum Gasteiger partial charge on any atom is 0.135 e. The zero-order chi connectivity index (χ0) is 15.9. The Bertz CT molecular complexity index is 600. The summed E-state index contributed by atoms with van der Waals surface area (Å²) in [4.78, 5) is 0. The summed E-state index contributed by atoms with van der Waals surface area (Å²) in [5, 5.41) is 16.8. The van der Waals surface area contributed by atoms with Crippen LogP contribution in [0.25, 0.3) is 11.3 Å². The van der Waals surface area contributed by atoms with Gasteiger partial charge in [0.05, 0.1) is 17.7 Å². The summed E-state index contributed by atoms with van der Waals surface area (Å²) in [6, 6.07) is 9.11. The van der Waals surface area contributed by atoms with Gasteiger partial charge in [0.25, 0.3) is 0 Å². The van der Waals surface area contributed by atoms with Crippen molar-refractivity contribution in [2.24, 2.45) is 0 Å². The summed E-state index contributed by atoms with van der Waals surface area (Å²) in [6.45, 7) is 4.57. The molecule has 0 fully saturated rings. The molecule has 4 nitrogen and oxygen atoms in total. The second-order valence-electron chi connectivity index (χ2n) is 5.12. The Hall–Kier alpha value is -1.04. The summed E-state index contributed by atoms with van der Waals surface area (Å²) in [5.74, 6) is 1.54. The van der Waals surface area contributed by atoms with Gasteiger partial charge in [0.15, 0.2) is 0 Å². The minimum absolute atomic E-state index is 0.324. The van der Waals surface area contributed by atoms with Crippen LogP contribution in [0.5, 0.6) is 0 Å². The third-order valence-electron chi connectivity index (χ3n) is 3.07. The first-order valence-corrected chi connectivity index (χ1v) is 7.95. The molecule has 3 N–H and O–H groups in total. The smallest absolute Gasteiger partial charge is 0.135 e. The molecule has 0 saturated heterocycles. The predicted molar refractivity (Wildman–Crippen MR) is 90.4 cm³/mol. The molecule has 6 heteroatoms. The molecule has 0 radical (unpaired) electrons. The van der Waals surface area contributed by atoms with Gasteiger partial charge in [0.1, 0.15) is 11.5 Å². The molecular formula is C16H20Cl2N2O2. The molecule has 120 valence electrons. The average Bonchev–Trinajstić information content (AvgIpc) is 2.93. The number of halogens is 2. The van der Waals surface area contributed by atoms with Crippen molar-refractivity contribution < 1.29 is 9.52 Å². The first-order valence-electron chi connectivity index (χ1n) is 7.20. The number of hydrogen-bond donors (Lipinski definition) is 3. The zero-order valence-corrected chi connectivity index (χ0v) is 13.9. The van der Waals surface area contributed by atoms with E-state index in [1.54, 1.807) is 25.1 Å². The van der Waals surface area contributed by atoms with Crippen molar-refractivity contribution in [3.8, 4) is 11.3 Å². The normalized spacial score (nSPS) is 12.5. The number of hydrogen-bond acceptors (Lipinski definition) is 4. The monoisotopic (exact) mass is 342 g/mol. The molecule has 0 bridgehead atoms. The van der Waals surface area contributed by atoms with Crippen LogP contribution in [0.3, 0.4) is 0 Å². The van der Waals surface area contributed by atoms with E-state index in [0.29, 0.717) is 28.9 Å². The first-order chi connectivity index (χ1) is 10.6. The molecule has 2 aromatic rings. The molecule has 0 amide bonds. The van der Waals surface area contributed by atoms with Crippen LogP contribution in [0.2, 0.25) is 10.0 Å². The Kier molecular flexibility index (Phi) is 6.73. The van der Waals surface area contributed by atoms with E-state index in [0.717, 1.165) is 24.4 Å². The van der Waals surface area contributed by atoms with Gasteiger partial charge in [0.2, 0.25) is 0 Å². The molecule has 0 aliphatic heterocycles. The molecule has 0 aliphatic rings. The topological polar surface area (TPSA) is 57.4 Å². The van der Waals surface area contributed by atoms with Gasteiger partial charge in [-0.05, 0) is 37.3 Å². The predicted octanol–water partition coefficient (Wildman–Crippen LogP) is 3.31. The second kappa shape index (κ2) is 8.56. The van der Waals surface area contributed by atoms with Crippen molar-refractivity contribution in [3.05, 3.63) is 46.1 Å². The highest BCUT2D eigenvalue weighted by molar-refractivity contribution is 6.35. The number of furan rings is 1. The van der Waals surface area contributed by atoms with E-state index in [1.807, 2.05) is 12.1 Å². The average molecular weight is 343 g/mol. The van der Waals surface area contributed by atoms with Crippen molar-refractivity contribution in [1.29, 1.82) is 0 Å². The second-order valence-corrected chi connectivity index (χ2v) is 5.96. The summed E-state index contributed by atoms with van der Waals surface area (Å²) >= 11 is 12.2. The van der Waals surface area contributed by atoms with Gasteiger partial charge in [0, 0.05) is 30.2 Å². The first kappa shape index (κ1) is 17.3. The lowest BCUT2D eigenvalue weighted by Gasteiger charge is -2.07. The Morgan fingerprint density at radius 1 is 1.14 bits per heavy atom. The molecule has 0 saturated carbocycles. The molecule has 0 spiro atoms. The Labute approximate surface area is 140 Å². The van der Waals surface area contributed by atoms with Crippen molar-refractivity contribution in [1.82, 2.24) is 10.6 Å². The van der Waals surface area contributed by atoms with Gasteiger partial charge in [-0.25, -0.2) is 0 Å². The SMILES string of the molecule is C[C@@H](O)CNCCNCc1ccc(-c2cc(Cl)ccc2Cl)o1. The zero-order valence-electron chi connectivity index (χ0n) is 12.4. The molecular weight excluding hydrogens is 323 g/mol. The van der Waals surface area contributed by atoms with Crippen LogP contribution in [0, 0.1) is 0 Å². The van der Waals surface area contributed by atoms with Gasteiger partial charge in [-0.2, -0.15) is 0 Å². The van der Waals surface area contributed by atoms with Crippen LogP contribution in [0.1, 0.15) is 12.7 Å². The highest BCUT2D eigenvalue weighted by Gasteiger charge is 2.09. The fourth-order valence-corrected chi connectivity index (χ4v) is 2.39. The van der Waals surface area contributed by atoms with Crippen LogP contribution in [-0.4, -0.2) is 30.8 Å². The van der Waals surface area contributed by atoms with Crippen molar-refractivity contribution >= 4 is 23.2 Å². The summed E-state index contributed by atoms with van der Waals surface area (Å²) < 4.78 is 5.78. The third-order valence-corrected chi connectivity index (χ3v) is 3.64. The quantitative estimate of drug-likeness (QED) is 0.644. The van der Waals surface area contributed by atoms with Gasteiger partial charge in [-0.1, -0.05) is 23.2 Å². The van der Waals surface area contributed by atoms with E-state index in [2.05, 4.69) is 10.6 Å². The van der Waals surface area contributed by atoms with Crippen LogP contribution in [0.15, 0.2) is 34.7 Å². The third kappa shape index (κ3) is 5.30. The Balaban J connectivity index is 1.83. The fraction of sp³-hybridized carbons (Fsp3) is 0.375. The standard InChI is InChI=1S/C16H20Cl2N2O2/c1-11(21)9-19-6-7-20-10-13-3-5-16(22-13)14-8-12(17)2-4-15(14)18/h2-5,8,11,19-21H,6-7,9-10H2,1H3/t11-/m1/s1. The van der Waals surface area contributed by atoms with Gasteiger partial charge in [-0.3, -0.25) is 0 Å². The number of benzene rings is 1. The molecule has 22 heavy (non-hydrogen) atoms. The van der Waals surface area contributed by atoms with E-state index in [1.165, 1.54) is 0 Å². The largest absolute Gasteiger partial charge is 0.460 e. The molecule has 0 aliphatic carbocycles. The number of rotatable bonds is 8. The highest BCUT2D eigenvalue weighted by Crippen LogP contribution is 2.31. The van der Waals surface area contributed by atoms with Crippen LogP contribution >= 0.6 is 23.2 Å². The molecule has 1 heterocycles. The Morgan fingerprint density at radius 3 is 2.68 bits per heavy atom. The molecule has 1 aromatic carbocycles. The van der Waals surface area contributed by atoms with Crippen molar-refractivity contribution in [2.75, 3.05) is 19.6 Å². The van der Waals surface area contributed by atoms with Gasteiger partial charge >= 0.3 is 0 Å². The molecule has 2 rings (SSSR count). The van der Waals surface area contributed by atoms with E-state index >= 15 is 0 Å². The maximum atomic E-state index is 9.12. The summed E-state index contributed by atoms with van der Waals surface area (Å²) in [7, 11) is 0. The lowest BCUT2D eigenvalue weighted by molar-refractivity contribution is 0.191. The lowest BCUT2D eigenvalue weighted by Crippen LogP contribution is -2.31. The number of nitrogens with one attached hydrogen (secondary N) is 2. The molecule has 1 aromatic heterocycles. The van der Waals surface area contributed by atoms with Crippen molar-refractivity contribution in [2.45, 2.75) is 19.6 Å². The highest BCUT2D eigenvalue weighted by atomic mass is 35.5. The van der Waals surface area contributed by atoms with E-state index < -0.39 is 0 Å². The van der Waals surface area contributed by atoms with Crippen LogP contribution in [-0.2, 0) is 6.54 Å². The minimum Gasteiger partial charge on any atom is -0.460 e. The maximum absolute atomic E-state index is 9.12. The van der Waals surface area contributed by atoms with Gasteiger partial charge < -0.3 is 20.2 Å². The van der Waals surface area contributed by atoms with Crippen molar-refractivity contribution in [3.63, 3.8) is 0 Å². The molecule has 0 unspecified atom stereocenters. The van der Waals surface area contributed by atoms with E-state index in [-0.39, 0.29) is 6.10 Å². The lowest BCUT2D eigenvalue weighted by atomic mass is 10.2. The molecule has 1 atom stereocenters. The van der Waals surface area contributed by atoms with Gasteiger partial charge in [-0.15, -0.1) is 0 Å². The number of aliphatic hydroxyl groups is 1. The summed E-state index contributed by atoms with van der Waals surface area (Å²) in [5.41, 5.74) is 0.791.